The summed E-state index contributed by atoms with van der Waals surface area (Å²) in [5, 5.41) is 8.96. The van der Waals surface area contributed by atoms with E-state index in [1.54, 1.807) is 6.07 Å². The maximum atomic E-state index is 10.9. The standard InChI is InChI=1S/C15H24N2O2/c1-4-6-10-17(12(3)5-2)11-13-8-7-9-14(16-13)15(18)19/h7-9,12H,4-6,10-11H2,1-3H3,(H,18,19). The molecule has 1 atom stereocenters. The van der Waals surface area contributed by atoms with Crippen molar-refractivity contribution in [1.29, 1.82) is 0 Å². The Morgan fingerprint density at radius 2 is 2.16 bits per heavy atom. The number of aromatic carboxylic acids is 1. The zero-order valence-electron chi connectivity index (χ0n) is 12.1. The first-order valence-electron chi connectivity index (χ1n) is 7.01. The van der Waals surface area contributed by atoms with E-state index in [0.29, 0.717) is 6.04 Å². The Bertz CT molecular complexity index is 407. The Hall–Kier alpha value is -1.42. The van der Waals surface area contributed by atoms with Gasteiger partial charge in [0.1, 0.15) is 5.69 Å². The van der Waals surface area contributed by atoms with Gasteiger partial charge in [-0.1, -0.05) is 26.3 Å². The third-order valence-corrected chi connectivity index (χ3v) is 3.40. The molecule has 1 rings (SSSR count). The van der Waals surface area contributed by atoms with Crippen LogP contribution in [0.5, 0.6) is 0 Å². The number of carboxylic acid groups (broad SMARTS) is 1. The van der Waals surface area contributed by atoms with E-state index >= 15 is 0 Å². The van der Waals surface area contributed by atoms with Crippen LogP contribution in [0.1, 0.15) is 56.2 Å². The van der Waals surface area contributed by atoms with Gasteiger partial charge >= 0.3 is 5.97 Å². The number of carbonyl (C=O) groups is 1. The highest BCUT2D eigenvalue weighted by atomic mass is 16.4. The zero-order chi connectivity index (χ0) is 14.3. The van der Waals surface area contributed by atoms with Crippen molar-refractivity contribution in [2.75, 3.05) is 6.54 Å². The molecule has 0 aliphatic heterocycles. The van der Waals surface area contributed by atoms with E-state index in [-0.39, 0.29) is 5.69 Å². The molecule has 0 aliphatic rings. The van der Waals surface area contributed by atoms with Gasteiger partial charge in [0.05, 0.1) is 5.69 Å². The van der Waals surface area contributed by atoms with Crippen molar-refractivity contribution in [3.8, 4) is 0 Å². The van der Waals surface area contributed by atoms with Crippen LogP contribution in [0.4, 0.5) is 0 Å². The minimum Gasteiger partial charge on any atom is -0.477 e. The van der Waals surface area contributed by atoms with Crippen molar-refractivity contribution in [2.45, 2.75) is 52.6 Å². The molecule has 1 N–H and O–H groups in total. The first-order chi connectivity index (χ1) is 9.08. The highest BCUT2D eigenvalue weighted by molar-refractivity contribution is 5.85. The number of hydrogen-bond donors (Lipinski definition) is 1. The first-order valence-corrected chi connectivity index (χ1v) is 7.01. The van der Waals surface area contributed by atoms with Gasteiger partial charge in [0, 0.05) is 12.6 Å². The Morgan fingerprint density at radius 3 is 2.74 bits per heavy atom. The van der Waals surface area contributed by atoms with Gasteiger partial charge in [-0.15, -0.1) is 0 Å². The van der Waals surface area contributed by atoms with Crippen LogP contribution in [0.15, 0.2) is 18.2 Å². The quantitative estimate of drug-likeness (QED) is 0.783. The number of rotatable bonds is 8. The first kappa shape index (κ1) is 15.6. The molecular formula is C15H24N2O2. The van der Waals surface area contributed by atoms with Crippen molar-refractivity contribution in [2.24, 2.45) is 0 Å². The van der Waals surface area contributed by atoms with Crippen molar-refractivity contribution >= 4 is 5.97 Å². The summed E-state index contributed by atoms with van der Waals surface area (Å²) in [4.78, 5) is 17.5. The molecular weight excluding hydrogens is 240 g/mol. The molecule has 0 radical (unpaired) electrons. The number of carboxylic acids is 1. The fraction of sp³-hybridized carbons (Fsp3) is 0.600. The molecule has 0 saturated heterocycles. The Balaban J connectivity index is 2.77. The lowest BCUT2D eigenvalue weighted by Crippen LogP contribution is -2.33. The Morgan fingerprint density at radius 1 is 1.42 bits per heavy atom. The molecule has 4 heteroatoms. The van der Waals surface area contributed by atoms with Crippen LogP contribution in [-0.2, 0) is 6.54 Å². The predicted octanol–water partition coefficient (Wildman–Crippen LogP) is 3.18. The molecule has 0 saturated carbocycles. The maximum absolute atomic E-state index is 10.9. The van der Waals surface area contributed by atoms with Gasteiger partial charge in [-0.3, -0.25) is 4.90 Å². The summed E-state index contributed by atoms with van der Waals surface area (Å²) in [6.45, 7) is 8.31. The lowest BCUT2D eigenvalue weighted by Gasteiger charge is -2.28. The Kier molecular flexibility index (Phi) is 6.50. The van der Waals surface area contributed by atoms with Crippen LogP contribution in [0.2, 0.25) is 0 Å². The second kappa shape index (κ2) is 7.89. The summed E-state index contributed by atoms with van der Waals surface area (Å²) in [7, 11) is 0. The van der Waals surface area contributed by atoms with E-state index in [4.69, 9.17) is 5.11 Å². The third kappa shape index (κ3) is 4.99. The second-order valence-corrected chi connectivity index (χ2v) is 4.90. The highest BCUT2D eigenvalue weighted by Crippen LogP contribution is 2.11. The molecule has 0 aromatic carbocycles. The topological polar surface area (TPSA) is 53.4 Å². The zero-order valence-corrected chi connectivity index (χ0v) is 12.1. The predicted molar refractivity (Wildman–Crippen MR) is 76.3 cm³/mol. The maximum Gasteiger partial charge on any atom is 0.354 e. The highest BCUT2D eigenvalue weighted by Gasteiger charge is 2.13. The van der Waals surface area contributed by atoms with Gasteiger partial charge in [-0.2, -0.15) is 0 Å². The monoisotopic (exact) mass is 264 g/mol. The van der Waals surface area contributed by atoms with E-state index in [1.807, 2.05) is 6.07 Å². The molecule has 1 unspecified atom stereocenters. The van der Waals surface area contributed by atoms with E-state index in [2.05, 4.69) is 30.7 Å². The van der Waals surface area contributed by atoms with Gasteiger partial charge < -0.3 is 5.11 Å². The van der Waals surface area contributed by atoms with Crippen LogP contribution in [-0.4, -0.2) is 33.5 Å². The number of unbranched alkanes of at least 4 members (excludes halogenated alkanes) is 1. The molecule has 0 amide bonds. The van der Waals surface area contributed by atoms with Crippen LogP contribution in [0, 0.1) is 0 Å². The van der Waals surface area contributed by atoms with Crippen molar-refractivity contribution < 1.29 is 9.90 Å². The average molecular weight is 264 g/mol. The summed E-state index contributed by atoms with van der Waals surface area (Å²) in [5.41, 5.74) is 0.952. The van der Waals surface area contributed by atoms with Crippen molar-refractivity contribution in [3.05, 3.63) is 29.6 Å². The number of pyridine rings is 1. The van der Waals surface area contributed by atoms with E-state index in [0.717, 1.165) is 38.0 Å². The lowest BCUT2D eigenvalue weighted by atomic mass is 10.1. The van der Waals surface area contributed by atoms with Crippen LogP contribution < -0.4 is 0 Å². The fourth-order valence-electron chi connectivity index (χ4n) is 1.97. The molecule has 106 valence electrons. The molecule has 1 aromatic heterocycles. The van der Waals surface area contributed by atoms with Gasteiger partial charge in [0.2, 0.25) is 0 Å². The molecule has 1 aromatic rings. The largest absolute Gasteiger partial charge is 0.477 e. The molecule has 0 aliphatic carbocycles. The molecule has 0 fully saturated rings. The lowest BCUT2D eigenvalue weighted by molar-refractivity contribution is 0.0689. The van der Waals surface area contributed by atoms with Crippen LogP contribution in [0.3, 0.4) is 0 Å². The molecule has 4 nitrogen and oxygen atoms in total. The van der Waals surface area contributed by atoms with Crippen molar-refractivity contribution in [3.63, 3.8) is 0 Å². The second-order valence-electron chi connectivity index (χ2n) is 4.90. The number of hydrogen-bond acceptors (Lipinski definition) is 3. The molecule has 19 heavy (non-hydrogen) atoms. The minimum absolute atomic E-state index is 0.122. The number of aromatic nitrogens is 1. The summed E-state index contributed by atoms with van der Waals surface area (Å²) in [6, 6.07) is 5.68. The van der Waals surface area contributed by atoms with Crippen molar-refractivity contribution in [1.82, 2.24) is 9.88 Å². The molecule has 0 spiro atoms. The normalized spacial score (nSPS) is 12.6. The summed E-state index contributed by atoms with van der Waals surface area (Å²) in [6.07, 6.45) is 3.40. The summed E-state index contributed by atoms with van der Waals surface area (Å²) < 4.78 is 0. The van der Waals surface area contributed by atoms with E-state index < -0.39 is 5.97 Å². The Labute approximate surface area is 115 Å². The number of nitrogens with zero attached hydrogens (tertiary/aromatic N) is 2. The SMILES string of the molecule is CCCCN(Cc1cccc(C(=O)O)n1)C(C)CC. The average Bonchev–Trinajstić information content (AvgIpc) is 2.42. The van der Waals surface area contributed by atoms with Gasteiger partial charge in [-0.05, 0) is 38.4 Å². The van der Waals surface area contributed by atoms with E-state index in [9.17, 15) is 4.79 Å². The minimum atomic E-state index is -0.967. The van der Waals surface area contributed by atoms with Gasteiger partial charge in [-0.25, -0.2) is 9.78 Å². The molecule has 1 heterocycles. The summed E-state index contributed by atoms with van der Waals surface area (Å²) in [5.74, 6) is -0.967. The fourth-order valence-corrected chi connectivity index (χ4v) is 1.97. The van der Waals surface area contributed by atoms with Crippen LogP contribution >= 0.6 is 0 Å². The third-order valence-electron chi connectivity index (χ3n) is 3.40. The molecule has 0 bridgehead atoms. The van der Waals surface area contributed by atoms with Gasteiger partial charge in [0.15, 0.2) is 0 Å². The summed E-state index contributed by atoms with van der Waals surface area (Å²) >= 11 is 0. The van der Waals surface area contributed by atoms with Crippen LogP contribution in [0.25, 0.3) is 0 Å². The smallest absolute Gasteiger partial charge is 0.354 e. The van der Waals surface area contributed by atoms with Gasteiger partial charge in [0.25, 0.3) is 0 Å². The van der Waals surface area contributed by atoms with E-state index in [1.165, 1.54) is 6.07 Å².